The van der Waals surface area contributed by atoms with E-state index in [2.05, 4.69) is 10.0 Å². The molecule has 10 heavy (non-hydrogen) atoms. The minimum absolute atomic E-state index is 0.242. The maximum Gasteiger partial charge on any atom is 0.208 e. The van der Waals surface area contributed by atoms with Crippen molar-refractivity contribution in [1.29, 1.82) is 5.26 Å². The molecule has 0 radical (unpaired) electrons. The minimum Gasteiger partial charge on any atom is -0.323 e. The molecule has 0 aromatic carbocycles. The second-order valence-corrected chi connectivity index (χ2v) is 3.54. The van der Waals surface area contributed by atoms with E-state index in [0.717, 1.165) is 6.26 Å². The Morgan fingerprint density at radius 1 is 1.50 bits per heavy atom. The summed E-state index contributed by atoms with van der Waals surface area (Å²) in [6.45, 7) is 0.565. The van der Waals surface area contributed by atoms with Crippen LogP contribution in [0.3, 0.4) is 0 Å². The van der Waals surface area contributed by atoms with Gasteiger partial charge in [-0.25, -0.2) is 13.1 Å². The fourth-order valence-electron chi connectivity index (χ4n) is 0.355. The molecule has 0 aliphatic carbocycles. The van der Waals surface area contributed by atoms with Gasteiger partial charge in [0.25, 0.3) is 0 Å². The van der Waals surface area contributed by atoms with E-state index in [1.165, 1.54) is 0 Å². The van der Waals surface area contributed by atoms with Gasteiger partial charge >= 0.3 is 0 Å². The summed E-state index contributed by atoms with van der Waals surface area (Å²) >= 11 is 0. The molecular weight excluding hydrogens is 154 g/mol. The van der Waals surface area contributed by atoms with E-state index in [9.17, 15) is 8.42 Å². The van der Waals surface area contributed by atoms with Crippen molar-refractivity contribution >= 4 is 10.0 Å². The first-order chi connectivity index (χ1) is 4.56. The molecule has 0 amide bonds. The third-order valence-electron chi connectivity index (χ3n) is 0.693. The van der Waals surface area contributed by atoms with Gasteiger partial charge in [0.1, 0.15) is 0 Å². The summed E-state index contributed by atoms with van der Waals surface area (Å²) in [6, 6.07) is 0. The van der Waals surface area contributed by atoms with E-state index in [1.54, 1.807) is 6.19 Å². The third kappa shape index (κ3) is 7.20. The molecule has 2 N–H and O–H groups in total. The van der Waals surface area contributed by atoms with Crippen LogP contribution < -0.4 is 10.0 Å². The highest BCUT2D eigenvalue weighted by atomic mass is 32.2. The van der Waals surface area contributed by atoms with E-state index >= 15 is 0 Å². The molecule has 0 spiro atoms. The van der Waals surface area contributed by atoms with Crippen LogP contribution in [0.2, 0.25) is 0 Å². The average Bonchev–Trinajstić information content (AvgIpc) is 1.78. The number of nitrogens with zero attached hydrogens (tertiary/aromatic N) is 1. The SMILES string of the molecule is CS(=O)(=O)NCCNC#N. The van der Waals surface area contributed by atoms with Crippen molar-refractivity contribution in [3.63, 3.8) is 0 Å². The van der Waals surface area contributed by atoms with Gasteiger partial charge in [-0.05, 0) is 0 Å². The van der Waals surface area contributed by atoms with Gasteiger partial charge in [0.2, 0.25) is 10.0 Å². The zero-order chi connectivity index (χ0) is 8.04. The Balaban J connectivity index is 3.32. The molecule has 0 unspecified atom stereocenters. The normalized spacial score (nSPS) is 10.4. The largest absolute Gasteiger partial charge is 0.323 e. The molecule has 0 heterocycles. The van der Waals surface area contributed by atoms with Gasteiger partial charge in [-0.3, -0.25) is 0 Å². The topological polar surface area (TPSA) is 82.0 Å². The fraction of sp³-hybridized carbons (Fsp3) is 0.750. The monoisotopic (exact) mass is 163 g/mol. The number of nitriles is 1. The molecule has 0 saturated heterocycles. The lowest BCUT2D eigenvalue weighted by Crippen LogP contribution is -2.29. The first-order valence-corrected chi connectivity index (χ1v) is 4.52. The Labute approximate surface area is 60.1 Å². The predicted octanol–water partition coefficient (Wildman–Crippen LogP) is -1.39. The van der Waals surface area contributed by atoms with Gasteiger partial charge in [0, 0.05) is 13.1 Å². The maximum absolute atomic E-state index is 10.4. The summed E-state index contributed by atoms with van der Waals surface area (Å²) in [5.74, 6) is 0. The summed E-state index contributed by atoms with van der Waals surface area (Å²) in [5, 5.41) is 10.3. The van der Waals surface area contributed by atoms with E-state index < -0.39 is 10.0 Å². The third-order valence-corrected chi connectivity index (χ3v) is 1.42. The molecule has 0 bridgehead atoms. The minimum atomic E-state index is -3.10. The lowest BCUT2D eigenvalue weighted by molar-refractivity contribution is 0.586. The molecule has 0 saturated carbocycles. The maximum atomic E-state index is 10.4. The van der Waals surface area contributed by atoms with Gasteiger partial charge in [-0.2, -0.15) is 5.26 Å². The summed E-state index contributed by atoms with van der Waals surface area (Å²) < 4.78 is 23.0. The van der Waals surface area contributed by atoms with Crippen LogP contribution in [0.15, 0.2) is 0 Å². The Kier molecular flexibility index (Phi) is 3.76. The van der Waals surface area contributed by atoms with Crippen LogP contribution in [0.25, 0.3) is 0 Å². The molecule has 6 heteroatoms. The van der Waals surface area contributed by atoms with Crippen LogP contribution in [-0.2, 0) is 10.0 Å². The molecule has 0 atom stereocenters. The number of hydrogen-bond donors (Lipinski definition) is 2. The quantitative estimate of drug-likeness (QED) is 0.303. The van der Waals surface area contributed by atoms with Crippen LogP contribution in [0, 0.1) is 11.5 Å². The molecule has 0 rings (SSSR count). The van der Waals surface area contributed by atoms with E-state index in [1.807, 2.05) is 0 Å². The summed E-state index contributed by atoms with van der Waals surface area (Å²) in [5.41, 5.74) is 0. The Morgan fingerprint density at radius 3 is 2.50 bits per heavy atom. The van der Waals surface area contributed by atoms with Crippen molar-refractivity contribution in [3.8, 4) is 6.19 Å². The molecule has 0 aromatic rings. The predicted molar refractivity (Wildman–Crippen MR) is 36.5 cm³/mol. The van der Waals surface area contributed by atoms with Crippen molar-refractivity contribution in [2.24, 2.45) is 0 Å². The highest BCUT2D eigenvalue weighted by molar-refractivity contribution is 7.88. The summed E-state index contributed by atoms with van der Waals surface area (Å²) in [6.07, 6.45) is 2.74. The number of sulfonamides is 1. The lowest BCUT2D eigenvalue weighted by Gasteiger charge is -1.98. The molecule has 0 aromatic heterocycles. The fourth-order valence-corrected chi connectivity index (χ4v) is 0.828. The van der Waals surface area contributed by atoms with E-state index in [4.69, 9.17) is 5.26 Å². The molecular formula is C4H9N3O2S. The van der Waals surface area contributed by atoms with Crippen molar-refractivity contribution in [3.05, 3.63) is 0 Å². The van der Waals surface area contributed by atoms with Crippen LogP contribution in [0.5, 0.6) is 0 Å². The van der Waals surface area contributed by atoms with Crippen molar-refractivity contribution in [2.75, 3.05) is 19.3 Å². The van der Waals surface area contributed by atoms with Crippen LogP contribution in [0.4, 0.5) is 0 Å². The first-order valence-electron chi connectivity index (χ1n) is 2.63. The van der Waals surface area contributed by atoms with E-state index in [0.29, 0.717) is 6.54 Å². The first kappa shape index (κ1) is 9.20. The highest BCUT2D eigenvalue weighted by Gasteiger charge is 1.96. The zero-order valence-corrected chi connectivity index (χ0v) is 6.40. The van der Waals surface area contributed by atoms with Crippen molar-refractivity contribution < 1.29 is 8.42 Å². The van der Waals surface area contributed by atoms with Gasteiger partial charge in [-0.1, -0.05) is 0 Å². The van der Waals surface area contributed by atoms with Crippen molar-refractivity contribution in [1.82, 2.24) is 10.0 Å². The van der Waals surface area contributed by atoms with E-state index in [-0.39, 0.29) is 6.54 Å². The van der Waals surface area contributed by atoms with Crippen LogP contribution in [-0.4, -0.2) is 27.8 Å². The Bertz CT molecular complexity index is 215. The van der Waals surface area contributed by atoms with Gasteiger partial charge < -0.3 is 5.32 Å². The van der Waals surface area contributed by atoms with Crippen LogP contribution in [0.1, 0.15) is 0 Å². The number of rotatable bonds is 4. The zero-order valence-electron chi connectivity index (χ0n) is 5.59. The number of hydrogen-bond acceptors (Lipinski definition) is 4. The molecule has 58 valence electrons. The average molecular weight is 163 g/mol. The highest BCUT2D eigenvalue weighted by Crippen LogP contribution is 1.69. The molecule has 0 aliphatic rings. The van der Waals surface area contributed by atoms with Crippen LogP contribution >= 0.6 is 0 Å². The Morgan fingerprint density at radius 2 is 2.10 bits per heavy atom. The standard InChI is InChI=1S/C4H9N3O2S/c1-10(8,9)7-3-2-6-4-5/h6-7H,2-3H2,1H3. The number of nitrogens with one attached hydrogen (secondary N) is 2. The van der Waals surface area contributed by atoms with Gasteiger partial charge in [0.15, 0.2) is 6.19 Å². The lowest BCUT2D eigenvalue weighted by atomic mass is 10.7. The Hall–Kier alpha value is -0.800. The summed E-state index contributed by atoms with van der Waals surface area (Å²) in [4.78, 5) is 0. The molecule has 5 nitrogen and oxygen atoms in total. The van der Waals surface area contributed by atoms with Crippen molar-refractivity contribution in [2.45, 2.75) is 0 Å². The van der Waals surface area contributed by atoms with Gasteiger partial charge in [0.05, 0.1) is 6.26 Å². The smallest absolute Gasteiger partial charge is 0.208 e. The summed E-state index contributed by atoms with van der Waals surface area (Å²) in [7, 11) is -3.10. The molecule has 0 fully saturated rings. The molecule has 0 aliphatic heterocycles. The van der Waals surface area contributed by atoms with Gasteiger partial charge in [-0.15, -0.1) is 0 Å². The second kappa shape index (κ2) is 4.09. The second-order valence-electron chi connectivity index (χ2n) is 1.71.